The average molecular weight is 390 g/mol. The molecule has 144 valence electrons. The van der Waals surface area contributed by atoms with Gasteiger partial charge in [-0.2, -0.15) is 5.10 Å². The second kappa shape index (κ2) is 7.43. The van der Waals surface area contributed by atoms with Gasteiger partial charge in [0, 0.05) is 30.6 Å². The van der Waals surface area contributed by atoms with Crippen LogP contribution in [0.3, 0.4) is 0 Å². The highest BCUT2D eigenvalue weighted by atomic mass is 32.2. The maximum Gasteiger partial charge on any atom is 0.156 e. The smallest absolute Gasteiger partial charge is 0.156 e. The quantitative estimate of drug-likeness (QED) is 0.662. The van der Waals surface area contributed by atoms with Crippen LogP contribution in [0.1, 0.15) is 17.0 Å². The van der Waals surface area contributed by atoms with Crippen LogP contribution < -0.4 is 10.1 Å². The number of anilines is 1. The van der Waals surface area contributed by atoms with Crippen LogP contribution >= 0.6 is 0 Å². The Labute approximate surface area is 158 Å². The summed E-state index contributed by atoms with van der Waals surface area (Å²) < 4.78 is 35.6. The van der Waals surface area contributed by atoms with Crippen LogP contribution in [-0.2, 0) is 29.2 Å². The summed E-state index contributed by atoms with van der Waals surface area (Å²) >= 11 is 0. The van der Waals surface area contributed by atoms with E-state index in [1.54, 1.807) is 36.2 Å². The molecule has 0 amide bonds. The monoisotopic (exact) mass is 390 g/mol. The Morgan fingerprint density at radius 3 is 2.70 bits per heavy atom. The zero-order valence-corrected chi connectivity index (χ0v) is 16.5. The molecule has 1 N–H and O–H groups in total. The molecule has 27 heavy (non-hydrogen) atoms. The predicted octanol–water partition coefficient (Wildman–Crippen LogP) is 2.55. The number of sulfone groups is 1. The number of hydrogen-bond donors (Lipinski definition) is 1. The van der Waals surface area contributed by atoms with Crippen molar-refractivity contribution in [2.75, 3.05) is 18.7 Å². The van der Waals surface area contributed by atoms with E-state index in [4.69, 9.17) is 9.26 Å². The zero-order chi connectivity index (χ0) is 19.6. The fourth-order valence-electron chi connectivity index (χ4n) is 2.74. The summed E-state index contributed by atoms with van der Waals surface area (Å²) in [5, 5.41) is 11.5. The molecule has 0 radical (unpaired) electrons. The lowest BCUT2D eigenvalue weighted by atomic mass is 10.2. The number of nitrogens with zero attached hydrogens (tertiary/aromatic N) is 3. The molecule has 0 spiro atoms. The Morgan fingerprint density at radius 2 is 2.07 bits per heavy atom. The molecule has 1 aromatic carbocycles. The van der Waals surface area contributed by atoms with Crippen molar-refractivity contribution in [2.24, 2.45) is 7.05 Å². The van der Waals surface area contributed by atoms with Gasteiger partial charge in [-0.3, -0.25) is 4.68 Å². The summed E-state index contributed by atoms with van der Waals surface area (Å²) in [6.07, 6.45) is 2.96. The highest BCUT2D eigenvalue weighted by Gasteiger charge is 2.13. The van der Waals surface area contributed by atoms with Crippen LogP contribution in [0.2, 0.25) is 0 Å². The van der Waals surface area contributed by atoms with E-state index in [1.807, 2.05) is 20.0 Å². The number of hydrogen-bond acceptors (Lipinski definition) is 7. The van der Waals surface area contributed by atoms with Crippen molar-refractivity contribution in [3.05, 3.63) is 47.5 Å². The summed E-state index contributed by atoms with van der Waals surface area (Å²) in [6.45, 7) is 2.35. The van der Waals surface area contributed by atoms with Crippen molar-refractivity contribution >= 4 is 15.5 Å². The number of aromatic nitrogens is 3. The standard InChI is InChI=1S/C18H22N4O4S/c1-12-15(10-20-22(12)2)16-8-14(26-21-16)9-19-17-7-13(11-27(4,23)24)5-6-18(17)25-3/h5-8,10,19H,9,11H2,1-4H3. The molecule has 0 unspecified atom stereocenters. The molecule has 2 heterocycles. The Bertz CT molecular complexity index is 1050. The van der Waals surface area contributed by atoms with Gasteiger partial charge >= 0.3 is 0 Å². The van der Waals surface area contributed by atoms with E-state index < -0.39 is 9.84 Å². The molecule has 0 saturated heterocycles. The van der Waals surface area contributed by atoms with Crippen molar-refractivity contribution in [3.8, 4) is 17.0 Å². The number of nitrogens with one attached hydrogen (secondary N) is 1. The van der Waals surface area contributed by atoms with E-state index in [9.17, 15) is 8.42 Å². The van der Waals surface area contributed by atoms with E-state index in [0.29, 0.717) is 29.3 Å². The topological polar surface area (TPSA) is 99.2 Å². The Kier molecular flexibility index (Phi) is 5.22. The lowest BCUT2D eigenvalue weighted by Gasteiger charge is -2.11. The molecule has 0 saturated carbocycles. The number of benzene rings is 1. The van der Waals surface area contributed by atoms with Gasteiger partial charge in [0.1, 0.15) is 11.4 Å². The van der Waals surface area contributed by atoms with Crippen LogP contribution in [0.4, 0.5) is 5.69 Å². The molecule has 3 aromatic rings. The molecule has 8 nitrogen and oxygen atoms in total. The molecule has 0 aliphatic carbocycles. The van der Waals surface area contributed by atoms with Crippen molar-refractivity contribution in [2.45, 2.75) is 19.2 Å². The second-order valence-corrected chi connectivity index (χ2v) is 8.54. The summed E-state index contributed by atoms with van der Waals surface area (Å²) in [5.74, 6) is 1.23. The SMILES string of the molecule is COc1ccc(CS(C)(=O)=O)cc1NCc1cc(-c2cnn(C)c2C)no1. The fraction of sp³-hybridized carbons (Fsp3) is 0.333. The lowest BCUT2D eigenvalue weighted by molar-refractivity contribution is 0.389. The molecule has 0 fully saturated rings. The first kappa shape index (κ1) is 19.0. The summed E-state index contributed by atoms with van der Waals surface area (Å²) in [7, 11) is 0.321. The second-order valence-electron chi connectivity index (χ2n) is 6.40. The minimum atomic E-state index is -3.12. The minimum absolute atomic E-state index is 0.0294. The van der Waals surface area contributed by atoms with Crippen LogP contribution in [0.5, 0.6) is 5.75 Å². The largest absolute Gasteiger partial charge is 0.495 e. The third-order valence-electron chi connectivity index (χ3n) is 4.22. The van der Waals surface area contributed by atoms with Crippen LogP contribution in [0.25, 0.3) is 11.3 Å². The van der Waals surface area contributed by atoms with Crippen LogP contribution in [0.15, 0.2) is 35.0 Å². The molecule has 0 bridgehead atoms. The molecule has 2 aromatic heterocycles. The van der Waals surface area contributed by atoms with Crippen molar-refractivity contribution in [1.82, 2.24) is 14.9 Å². The summed E-state index contributed by atoms with van der Waals surface area (Å²) in [4.78, 5) is 0. The van der Waals surface area contributed by atoms with Gasteiger partial charge in [-0.15, -0.1) is 0 Å². The number of ether oxygens (including phenoxy) is 1. The number of rotatable bonds is 7. The summed E-state index contributed by atoms with van der Waals surface area (Å²) in [6, 6.07) is 7.10. The first-order valence-corrected chi connectivity index (χ1v) is 10.4. The van der Waals surface area contributed by atoms with Gasteiger partial charge < -0.3 is 14.6 Å². The predicted molar refractivity (Wildman–Crippen MR) is 102 cm³/mol. The maximum absolute atomic E-state index is 11.5. The first-order valence-electron chi connectivity index (χ1n) is 8.30. The van der Waals surface area contributed by atoms with Gasteiger partial charge in [-0.05, 0) is 24.6 Å². The van der Waals surface area contributed by atoms with E-state index in [2.05, 4.69) is 15.6 Å². The van der Waals surface area contributed by atoms with Crippen molar-refractivity contribution in [3.63, 3.8) is 0 Å². The highest BCUT2D eigenvalue weighted by molar-refractivity contribution is 7.89. The molecular formula is C18H22N4O4S. The zero-order valence-electron chi connectivity index (χ0n) is 15.7. The maximum atomic E-state index is 11.5. The molecular weight excluding hydrogens is 368 g/mol. The molecule has 3 rings (SSSR count). The van der Waals surface area contributed by atoms with Crippen molar-refractivity contribution in [1.29, 1.82) is 0 Å². The van der Waals surface area contributed by atoms with E-state index >= 15 is 0 Å². The molecule has 0 aliphatic heterocycles. The number of aryl methyl sites for hydroxylation is 1. The fourth-order valence-corrected chi connectivity index (χ4v) is 3.53. The Balaban J connectivity index is 1.76. The van der Waals surface area contributed by atoms with Gasteiger partial charge in [0.25, 0.3) is 0 Å². The Hall–Kier alpha value is -2.81. The third kappa shape index (κ3) is 4.48. The normalized spacial score (nSPS) is 11.6. The molecule has 0 aliphatic rings. The number of methoxy groups -OCH3 is 1. The van der Waals surface area contributed by atoms with Gasteiger partial charge in [0.15, 0.2) is 15.6 Å². The van der Waals surface area contributed by atoms with E-state index in [1.165, 1.54) is 6.26 Å². The van der Waals surface area contributed by atoms with Crippen LogP contribution in [-0.4, -0.2) is 36.7 Å². The van der Waals surface area contributed by atoms with Gasteiger partial charge in [0.2, 0.25) is 0 Å². The minimum Gasteiger partial charge on any atom is -0.495 e. The Morgan fingerprint density at radius 1 is 1.30 bits per heavy atom. The molecule has 9 heteroatoms. The van der Waals surface area contributed by atoms with Crippen LogP contribution in [0, 0.1) is 6.92 Å². The first-order chi connectivity index (χ1) is 12.8. The van der Waals surface area contributed by atoms with Gasteiger partial charge in [-0.25, -0.2) is 8.42 Å². The van der Waals surface area contributed by atoms with Gasteiger partial charge in [-0.1, -0.05) is 11.2 Å². The lowest BCUT2D eigenvalue weighted by Crippen LogP contribution is -2.04. The van der Waals surface area contributed by atoms with E-state index in [-0.39, 0.29) is 5.75 Å². The third-order valence-corrected chi connectivity index (χ3v) is 5.07. The van der Waals surface area contributed by atoms with E-state index in [0.717, 1.165) is 17.0 Å². The van der Waals surface area contributed by atoms with Gasteiger partial charge in [0.05, 0.1) is 31.3 Å². The molecule has 0 atom stereocenters. The van der Waals surface area contributed by atoms with Crippen molar-refractivity contribution < 1.29 is 17.7 Å². The summed E-state index contributed by atoms with van der Waals surface area (Å²) in [5.41, 5.74) is 4.01. The average Bonchev–Trinajstić information content (AvgIpc) is 3.19. The highest BCUT2D eigenvalue weighted by Crippen LogP contribution is 2.28.